The van der Waals surface area contributed by atoms with Crippen LogP contribution in [0.15, 0.2) is 48.5 Å². The van der Waals surface area contributed by atoms with E-state index in [0.29, 0.717) is 6.54 Å². The minimum absolute atomic E-state index is 0.0677. The van der Waals surface area contributed by atoms with Crippen molar-refractivity contribution in [3.63, 3.8) is 0 Å². The summed E-state index contributed by atoms with van der Waals surface area (Å²) in [6, 6.07) is 14.9. The summed E-state index contributed by atoms with van der Waals surface area (Å²) in [6.45, 7) is 8.14. The molecule has 1 N–H and O–H groups in total. The SMILES string of the molecule is CC[C@H](C)NC(=O)[C@H](C)N(Cc1ccc(OC)cc1)C(=O)Cc1ccccc1C. The van der Waals surface area contributed by atoms with Gasteiger partial charge in [-0.25, -0.2) is 0 Å². The van der Waals surface area contributed by atoms with Crippen LogP contribution in [0.3, 0.4) is 0 Å². The molecule has 2 aromatic rings. The van der Waals surface area contributed by atoms with Gasteiger partial charge in [-0.3, -0.25) is 9.59 Å². The van der Waals surface area contributed by atoms with Gasteiger partial charge in [0.2, 0.25) is 11.8 Å². The van der Waals surface area contributed by atoms with E-state index in [2.05, 4.69) is 5.32 Å². The maximum absolute atomic E-state index is 13.2. The first-order valence-corrected chi connectivity index (χ1v) is 10.1. The number of methoxy groups -OCH3 is 1. The Morgan fingerprint density at radius 3 is 2.31 bits per heavy atom. The molecule has 0 bridgehead atoms. The molecule has 2 aromatic carbocycles. The molecule has 0 spiro atoms. The Bertz CT molecular complexity index is 817. The van der Waals surface area contributed by atoms with Gasteiger partial charge in [-0.15, -0.1) is 0 Å². The fourth-order valence-electron chi connectivity index (χ4n) is 3.05. The summed E-state index contributed by atoms with van der Waals surface area (Å²) in [4.78, 5) is 27.6. The predicted octanol–water partition coefficient (Wildman–Crippen LogP) is 3.88. The van der Waals surface area contributed by atoms with E-state index in [4.69, 9.17) is 4.74 Å². The molecule has 156 valence electrons. The summed E-state index contributed by atoms with van der Waals surface area (Å²) >= 11 is 0. The standard InChI is InChI=1S/C24H32N2O3/c1-6-18(3)25-24(28)19(4)26(16-20-11-13-22(29-5)14-12-20)23(27)15-21-10-8-7-9-17(21)2/h7-14,18-19H,6,15-16H2,1-5H3,(H,25,28)/t18-,19-/m0/s1. The Labute approximate surface area is 174 Å². The van der Waals surface area contributed by atoms with E-state index in [9.17, 15) is 9.59 Å². The van der Waals surface area contributed by atoms with Crippen LogP contribution in [0.25, 0.3) is 0 Å². The van der Waals surface area contributed by atoms with Crippen molar-refractivity contribution in [3.05, 3.63) is 65.2 Å². The van der Waals surface area contributed by atoms with Crippen LogP contribution in [-0.2, 0) is 22.6 Å². The summed E-state index contributed by atoms with van der Waals surface area (Å²) in [5, 5.41) is 2.99. The average molecular weight is 397 g/mol. The monoisotopic (exact) mass is 396 g/mol. The Kier molecular flexibility index (Phi) is 8.25. The first-order chi connectivity index (χ1) is 13.8. The van der Waals surface area contributed by atoms with Crippen molar-refractivity contribution in [2.24, 2.45) is 0 Å². The second-order valence-corrected chi connectivity index (χ2v) is 7.47. The van der Waals surface area contributed by atoms with Crippen LogP contribution in [0, 0.1) is 6.92 Å². The lowest BCUT2D eigenvalue weighted by Crippen LogP contribution is -2.49. The molecule has 0 heterocycles. The van der Waals surface area contributed by atoms with Crippen LogP contribution in [0.5, 0.6) is 5.75 Å². The van der Waals surface area contributed by atoms with E-state index in [1.165, 1.54) is 0 Å². The van der Waals surface area contributed by atoms with Crippen molar-refractivity contribution < 1.29 is 14.3 Å². The topological polar surface area (TPSA) is 58.6 Å². The highest BCUT2D eigenvalue weighted by Gasteiger charge is 2.27. The number of carbonyl (C=O) groups excluding carboxylic acids is 2. The molecular weight excluding hydrogens is 364 g/mol. The van der Waals surface area contributed by atoms with E-state index in [1.807, 2.05) is 69.3 Å². The molecule has 5 nitrogen and oxygen atoms in total. The van der Waals surface area contributed by atoms with Gasteiger partial charge in [0.05, 0.1) is 13.5 Å². The highest BCUT2D eigenvalue weighted by atomic mass is 16.5. The molecule has 0 aliphatic heterocycles. The van der Waals surface area contributed by atoms with E-state index < -0.39 is 6.04 Å². The number of nitrogens with zero attached hydrogens (tertiary/aromatic N) is 1. The fraction of sp³-hybridized carbons (Fsp3) is 0.417. The lowest BCUT2D eigenvalue weighted by Gasteiger charge is -2.30. The number of ether oxygens (including phenoxy) is 1. The molecule has 2 rings (SSSR count). The molecular formula is C24H32N2O3. The van der Waals surface area contributed by atoms with E-state index in [1.54, 1.807) is 18.9 Å². The zero-order chi connectivity index (χ0) is 21.4. The molecule has 0 fully saturated rings. The molecule has 0 aliphatic carbocycles. The molecule has 0 unspecified atom stereocenters. The van der Waals surface area contributed by atoms with Crippen molar-refractivity contribution in [1.29, 1.82) is 0 Å². The molecule has 0 saturated carbocycles. The van der Waals surface area contributed by atoms with Crippen molar-refractivity contribution in [2.75, 3.05) is 7.11 Å². The molecule has 5 heteroatoms. The van der Waals surface area contributed by atoms with Gasteiger partial charge >= 0.3 is 0 Å². The number of carbonyl (C=O) groups is 2. The Morgan fingerprint density at radius 2 is 1.72 bits per heavy atom. The van der Waals surface area contributed by atoms with Crippen molar-refractivity contribution in [2.45, 2.75) is 59.2 Å². The normalized spacial score (nSPS) is 12.7. The predicted molar refractivity (Wildman–Crippen MR) is 116 cm³/mol. The number of amides is 2. The molecule has 29 heavy (non-hydrogen) atoms. The average Bonchev–Trinajstić information content (AvgIpc) is 2.73. The van der Waals surface area contributed by atoms with Crippen molar-refractivity contribution in [1.82, 2.24) is 10.2 Å². The number of hydrogen-bond donors (Lipinski definition) is 1. The van der Waals surface area contributed by atoms with Crippen molar-refractivity contribution >= 4 is 11.8 Å². The molecule has 2 atom stereocenters. The zero-order valence-electron chi connectivity index (χ0n) is 18.1. The van der Waals surface area contributed by atoms with Gasteiger partial charge in [0, 0.05) is 12.6 Å². The summed E-state index contributed by atoms with van der Waals surface area (Å²) < 4.78 is 5.21. The van der Waals surface area contributed by atoms with Gasteiger partial charge in [-0.1, -0.05) is 43.3 Å². The van der Waals surface area contributed by atoms with Gasteiger partial charge in [-0.05, 0) is 56.0 Å². The summed E-state index contributed by atoms with van der Waals surface area (Å²) in [7, 11) is 1.62. The number of benzene rings is 2. The van der Waals surface area contributed by atoms with Crippen LogP contribution >= 0.6 is 0 Å². The second-order valence-electron chi connectivity index (χ2n) is 7.47. The van der Waals surface area contributed by atoms with Gasteiger partial charge in [-0.2, -0.15) is 0 Å². The molecule has 0 aliphatic rings. The third kappa shape index (κ3) is 6.34. The maximum Gasteiger partial charge on any atom is 0.242 e. The minimum Gasteiger partial charge on any atom is -0.497 e. The maximum atomic E-state index is 13.2. The first kappa shape index (κ1) is 22.5. The number of nitrogens with one attached hydrogen (secondary N) is 1. The van der Waals surface area contributed by atoms with E-state index in [0.717, 1.165) is 28.9 Å². The number of aryl methyl sites for hydroxylation is 1. The Hall–Kier alpha value is -2.82. The number of rotatable bonds is 9. The van der Waals surface area contributed by atoms with Gasteiger partial charge in [0.1, 0.15) is 11.8 Å². The molecule has 0 aromatic heterocycles. The van der Waals surface area contributed by atoms with E-state index >= 15 is 0 Å². The molecule has 0 saturated heterocycles. The largest absolute Gasteiger partial charge is 0.497 e. The Morgan fingerprint density at radius 1 is 1.07 bits per heavy atom. The van der Waals surface area contributed by atoms with Crippen LogP contribution in [0.2, 0.25) is 0 Å². The van der Waals surface area contributed by atoms with Crippen LogP contribution in [-0.4, -0.2) is 35.9 Å². The third-order valence-corrected chi connectivity index (χ3v) is 5.28. The number of hydrogen-bond acceptors (Lipinski definition) is 3. The fourth-order valence-corrected chi connectivity index (χ4v) is 3.05. The summed E-state index contributed by atoms with van der Waals surface area (Å²) in [5.41, 5.74) is 3.00. The van der Waals surface area contributed by atoms with Crippen LogP contribution < -0.4 is 10.1 Å². The highest BCUT2D eigenvalue weighted by Crippen LogP contribution is 2.17. The van der Waals surface area contributed by atoms with Gasteiger partial charge < -0.3 is 15.0 Å². The summed E-state index contributed by atoms with van der Waals surface area (Å²) in [6.07, 6.45) is 1.11. The first-order valence-electron chi connectivity index (χ1n) is 10.1. The van der Waals surface area contributed by atoms with Crippen LogP contribution in [0.4, 0.5) is 0 Å². The van der Waals surface area contributed by atoms with Gasteiger partial charge in [0.15, 0.2) is 0 Å². The smallest absolute Gasteiger partial charge is 0.242 e. The quantitative estimate of drug-likeness (QED) is 0.700. The highest BCUT2D eigenvalue weighted by molar-refractivity contribution is 5.88. The van der Waals surface area contributed by atoms with Crippen LogP contribution in [0.1, 0.15) is 43.9 Å². The lowest BCUT2D eigenvalue weighted by molar-refractivity contribution is -0.140. The van der Waals surface area contributed by atoms with Crippen molar-refractivity contribution in [3.8, 4) is 5.75 Å². The van der Waals surface area contributed by atoms with Gasteiger partial charge in [0.25, 0.3) is 0 Å². The minimum atomic E-state index is -0.567. The lowest BCUT2D eigenvalue weighted by atomic mass is 10.0. The third-order valence-electron chi connectivity index (χ3n) is 5.28. The summed E-state index contributed by atoms with van der Waals surface area (Å²) in [5.74, 6) is 0.557. The van der Waals surface area contributed by atoms with E-state index in [-0.39, 0.29) is 24.3 Å². The Balaban J connectivity index is 2.24. The zero-order valence-corrected chi connectivity index (χ0v) is 18.1. The second kappa shape index (κ2) is 10.6. The molecule has 2 amide bonds. The molecule has 0 radical (unpaired) electrons.